The Kier molecular flexibility index (Phi) is 3.96. The number of rotatable bonds is 3. The second-order valence-electron chi connectivity index (χ2n) is 3.88. The van der Waals surface area contributed by atoms with Crippen LogP contribution in [0.4, 0.5) is 20.2 Å². The minimum absolute atomic E-state index is 0.238. The molecule has 0 atom stereocenters. The molecule has 0 radical (unpaired) electrons. The molecule has 0 aliphatic rings. The average Bonchev–Trinajstić information content (AvgIpc) is 2.33. The van der Waals surface area contributed by atoms with Gasteiger partial charge < -0.3 is 5.73 Å². The molecule has 0 amide bonds. The van der Waals surface area contributed by atoms with Gasteiger partial charge in [-0.25, -0.2) is 17.2 Å². The van der Waals surface area contributed by atoms with Crippen molar-refractivity contribution in [1.29, 1.82) is 0 Å². The lowest BCUT2D eigenvalue weighted by Crippen LogP contribution is -2.16. The number of sulfonamides is 1. The monoisotopic (exact) mass is 362 g/mol. The van der Waals surface area contributed by atoms with Crippen molar-refractivity contribution in [2.45, 2.75) is 4.90 Å². The van der Waals surface area contributed by atoms with E-state index in [0.29, 0.717) is 0 Å². The number of hydrogen-bond donors (Lipinski definition) is 2. The molecule has 0 aliphatic carbocycles. The average molecular weight is 363 g/mol. The molecule has 0 fully saturated rings. The first-order valence-corrected chi connectivity index (χ1v) is 7.61. The number of anilines is 2. The first kappa shape index (κ1) is 14.7. The van der Waals surface area contributed by atoms with E-state index in [1.807, 2.05) is 0 Å². The zero-order valence-electron chi connectivity index (χ0n) is 9.90. The second-order valence-corrected chi connectivity index (χ2v) is 6.39. The number of nitrogens with one attached hydrogen (secondary N) is 1. The third-order valence-electron chi connectivity index (χ3n) is 2.46. The van der Waals surface area contributed by atoms with Crippen molar-refractivity contribution in [1.82, 2.24) is 0 Å². The minimum atomic E-state index is -4.12. The van der Waals surface area contributed by atoms with Crippen LogP contribution in [-0.4, -0.2) is 8.42 Å². The maximum atomic E-state index is 13.6. The van der Waals surface area contributed by atoms with E-state index in [2.05, 4.69) is 20.7 Å². The standard InChI is InChI=1S/C12H9BrF2N2O2S/c13-8-2-1-3-9(15)12(8)17-20(18,19)11-5-4-7(14)6-10(11)16/h1-6,17H,16H2. The first-order chi connectivity index (χ1) is 9.31. The highest BCUT2D eigenvalue weighted by molar-refractivity contribution is 9.10. The van der Waals surface area contributed by atoms with Crippen molar-refractivity contribution in [3.05, 3.63) is 52.5 Å². The van der Waals surface area contributed by atoms with Crippen LogP contribution in [0.1, 0.15) is 0 Å². The van der Waals surface area contributed by atoms with Crippen LogP contribution in [0, 0.1) is 11.6 Å². The van der Waals surface area contributed by atoms with Crippen molar-refractivity contribution in [2.24, 2.45) is 0 Å². The lowest BCUT2D eigenvalue weighted by Gasteiger charge is -2.12. The molecule has 0 saturated heterocycles. The van der Waals surface area contributed by atoms with Crippen LogP contribution in [0.3, 0.4) is 0 Å². The maximum absolute atomic E-state index is 13.6. The van der Waals surface area contributed by atoms with Crippen LogP contribution >= 0.6 is 15.9 Å². The van der Waals surface area contributed by atoms with E-state index in [-0.39, 0.29) is 20.7 Å². The summed E-state index contributed by atoms with van der Waals surface area (Å²) in [6.45, 7) is 0. The molecule has 2 rings (SSSR count). The summed E-state index contributed by atoms with van der Waals surface area (Å²) in [7, 11) is -4.12. The zero-order valence-corrected chi connectivity index (χ0v) is 12.3. The van der Waals surface area contributed by atoms with E-state index in [1.165, 1.54) is 12.1 Å². The van der Waals surface area contributed by atoms with Crippen molar-refractivity contribution in [2.75, 3.05) is 10.5 Å². The van der Waals surface area contributed by atoms with Crippen molar-refractivity contribution >= 4 is 37.3 Å². The topological polar surface area (TPSA) is 72.2 Å². The number of nitrogen functional groups attached to an aromatic ring is 1. The number of benzene rings is 2. The number of para-hydroxylation sites is 1. The molecule has 0 saturated carbocycles. The van der Waals surface area contributed by atoms with Gasteiger partial charge in [-0.15, -0.1) is 0 Å². The molecule has 0 aromatic heterocycles. The summed E-state index contributed by atoms with van der Waals surface area (Å²) in [6, 6.07) is 6.86. The zero-order chi connectivity index (χ0) is 14.9. The summed E-state index contributed by atoms with van der Waals surface area (Å²) >= 11 is 3.04. The first-order valence-electron chi connectivity index (χ1n) is 5.33. The van der Waals surface area contributed by atoms with E-state index in [0.717, 1.165) is 24.3 Å². The summed E-state index contributed by atoms with van der Waals surface area (Å²) in [6.07, 6.45) is 0. The predicted molar refractivity (Wildman–Crippen MR) is 75.7 cm³/mol. The van der Waals surface area contributed by atoms with Crippen LogP contribution in [0.5, 0.6) is 0 Å². The Morgan fingerprint density at radius 3 is 2.45 bits per heavy atom. The van der Waals surface area contributed by atoms with Gasteiger partial charge in [0.1, 0.15) is 16.5 Å². The summed E-state index contributed by atoms with van der Waals surface area (Å²) in [5, 5.41) is 0. The molecule has 20 heavy (non-hydrogen) atoms. The van der Waals surface area contributed by atoms with Crippen LogP contribution in [0.2, 0.25) is 0 Å². The highest BCUT2D eigenvalue weighted by Crippen LogP contribution is 2.29. The summed E-state index contributed by atoms with van der Waals surface area (Å²) in [4.78, 5) is -0.325. The molecule has 2 aromatic rings. The second kappa shape index (κ2) is 5.37. The summed E-state index contributed by atoms with van der Waals surface area (Å²) in [5.41, 5.74) is 4.97. The summed E-state index contributed by atoms with van der Waals surface area (Å²) < 4.78 is 53.1. The van der Waals surface area contributed by atoms with Crippen molar-refractivity contribution < 1.29 is 17.2 Å². The normalized spacial score (nSPS) is 11.3. The fraction of sp³-hybridized carbons (Fsp3) is 0. The highest BCUT2D eigenvalue weighted by Gasteiger charge is 2.20. The molecule has 0 heterocycles. The molecule has 0 spiro atoms. The Morgan fingerprint density at radius 2 is 1.85 bits per heavy atom. The molecule has 0 aliphatic heterocycles. The number of nitrogens with two attached hydrogens (primary N) is 1. The molecule has 3 N–H and O–H groups in total. The largest absolute Gasteiger partial charge is 0.398 e. The van der Waals surface area contributed by atoms with E-state index in [4.69, 9.17) is 5.73 Å². The van der Waals surface area contributed by atoms with Crippen molar-refractivity contribution in [3.8, 4) is 0 Å². The molecule has 2 aromatic carbocycles. The van der Waals surface area contributed by atoms with Gasteiger partial charge in [-0.05, 0) is 46.3 Å². The number of hydrogen-bond acceptors (Lipinski definition) is 3. The van der Waals surface area contributed by atoms with E-state index in [9.17, 15) is 17.2 Å². The van der Waals surface area contributed by atoms with Gasteiger partial charge in [0.25, 0.3) is 10.0 Å². The summed E-state index contributed by atoms with van der Waals surface area (Å²) in [5.74, 6) is -1.41. The lowest BCUT2D eigenvalue weighted by atomic mass is 10.3. The Balaban J connectivity index is 2.46. The molecule has 0 bridgehead atoms. The Bertz CT molecular complexity index is 746. The maximum Gasteiger partial charge on any atom is 0.264 e. The van der Waals surface area contributed by atoms with Gasteiger partial charge in [-0.1, -0.05) is 6.07 Å². The molecular weight excluding hydrogens is 354 g/mol. The smallest absolute Gasteiger partial charge is 0.264 e. The quantitative estimate of drug-likeness (QED) is 0.824. The SMILES string of the molecule is Nc1cc(F)ccc1S(=O)(=O)Nc1c(F)cccc1Br. The molecular formula is C12H9BrF2N2O2S. The van der Waals surface area contributed by atoms with Crippen LogP contribution in [0.15, 0.2) is 45.8 Å². The van der Waals surface area contributed by atoms with Crippen LogP contribution < -0.4 is 10.5 Å². The molecule has 8 heteroatoms. The van der Waals surface area contributed by atoms with Crippen LogP contribution in [0.25, 0.3) is 0 Å². The predicted octanol–water partition coefficient (Wildman–Crippen LogP) is 3.11. The number of halogens is 3. The molecule has 4 nitrogen and oxygen atoms in total. The Morgan fingerprint density at radius 1 is 1.15 bits per heavy atom. The third kappa shape index (κ3) is 2.91. The van der Waals surface area contributed by atoms with Gasteiger partial charge in [0.15, 0.2) is 0 Å². The van der Waals surface area contributed by atoms with E-state index < -0.39 is 21.7 Å². The van der Waals surface area contributed by atoms with Gasteiger partial charge >= 0.3 is 0 Å². The van der Waals surface area contributed by atoms with Gasteiger partial charge in [0, 0.05) is 4.47 Å². The third-order valence-corrected chi connectivity index (χ3v) is 4.55. The fourth-order valence-electron chi connectivity index (χ4n) is 1.55. The van der Waals surface area contributed by atoms with Gasteiger partial charge in [0.2, 0.25) is 0 Å². The molecule has 0 unspecified atom stereocenters. The van der Waals surface area contributed by atoms with Crippen LogP contribution in [-0.2, 0) is 10.0 Å². The van der Waals surface area contributed by atoms with E-state index in [1.54, 1.807) is 0 Å². The Labute approximate surface area is 122 Å². The fourth-order valence-corrected chi connectivity index (χ4v) is 3.32. The van der Waals surface area contributed by atoms with Gasteiger partial charge in [-0.3, -0.25) is 4.72 Å². The van der Waals surface area contributed by atoms with Gasteiger partial charge in [0.05, 0.1) is 11.4 Å². The lowest BCUT2D eigenvalue weighted by molar-refractivity contribution is 0.597. The molecule has 106 valence electrons. The Hall–Kier alpha value is -1.67. The minimum Gasteiger partial charge on any atom is -0.398 e. The van der Waals surface area contributed by atoms with Crippen molar-refractivity contribution in [3.63, 3.8) is 0 Å². The van der Waals surface area contributed by atoms with Gasteiger partial charge in [-0.2, -0.15) is 0 Å². The highest BCUT2D eigenvalue weighted by atomic mass is 79.9. The van der Waals surface area contributed by atoms with E-state index >= 15 is 0 Å².